The van der Waals surface area contributed by atoms with Gasteiger partial charge in [0, 0.05) is 24.5 Å². The molecule has 3 heterocycles. The molecule has 0 amide bonds. The zero-order valence-electron chi connectivity index (χ0n) is 12.7. The Hall–Kier alpha value is -2.61. The number of hydrogen-bond acceptors (Lipinski definition) is 6. The Balaban J connectivity index is 1.77. The van der Waals surface area contributed by atoms with E-state index in [1.54, 1.807) is 12.3 Å². The summed E-state index contributed by atoms with van der Waals surface area (Å²) in [6, 6.07) is 4.88. The molecule has 6 nitrogen and oxygen atoms in total. The van der Waals surface area contributed by atoms with Crippen molar-refractivity contribution >= 4 is 23.5 Å². The normalized spacial score (nSPS) is 11.3. The van der Waals surface area contributed by atoms with Gasteiger partial charge in [-0.3, -0.25) is 4.68 Å². The molecule has 8 heteroatoms. The molecule has 0 spiro atoms. The number of hydrazone groups is 1. The number of anilines is 1. The molecular formula is C15H15FN6S. The lowest BCUT2D eigenvalue weighted by Gasteiger charge is -2.01. The number of aryl methyl sites for hydroxylation is 2. The van der Waals surface area contributed by atoms with Crippen LogP contribution >= 0.6 is 11.3 Å². The van der Waals surface area contributed by atoms with Gasteiger partial charge in [0.25, 0.3) is 0 Å². The lowest BCUT2D eigenvalue weighted by atomic mass is 10.2. The smallest absolute Gasteiger partial charge is 0.244 e. The maximum Gasteiger partial charge on any atom is 0.244 e. The fourth-order valence-electron chi connectivity index (χ4n) is 2.05. The standard InChI is InChI=1S/C15H15FN6S/c1-3-22-9-12(10(2)21-22)13-6-7-17-15(19-13)20-18-8-11-4-5-14(16)23-11/h4-9H,3H2,1-2H3,(H,17,19,20)/b18-8-. The van der Waals surface area contributed by atoms with Crippen LogP contribution in [-0.2, 0) is 6.54 Å². The molecule has 3 rings (SSSR count). The van der Waals surface area contributed by atoms with E-state index in [0.29, 0.717) is 10.8 Å². The maximum absolute atomic E-state index is 12.9. The number of nitrogens with one attached hydrogen (secondary N) is 1. The molecule has 0 radical (unpaired) electrons. The van der Waals surface area contributed by atoms with Crippen LogP contribution < -0.4 is 5.43 Å². The fraction of sp³-hybridized carbons (Fsp3) is 0.200. The number of aromatic nitrogens is 4. The molecule has 0 aromatic carbocycles. The minimum atomic E-state index is -0.242. The Bertz CT molecular complexity index is 838. The molecule has 118 valence electrons. The Morgan fingerprint density at radius 2 is 2.26 bits per heavy atom. The molecule has 23 heavy (non-hydrogen) atoms. The summed E-state index contributed by atoms with van der Waals surface area (Å²) in [6.07, 6.45) is 5.15. The van der Waals surface area contributed by atoms with Crippen molar-refractivity contribution in [2.45, 2.75) is 20.4 Å². The van der Waals surface area contributed by atoms with Crippen LogP contribution in [0.2, 0.25) is 0 Å². The topological polar surface area (TPSA) is 68.0 Å². The molecule has 0 unspecified atom stereocenters. The van der Waals surface area contributed by atoms with Gasteiger partial charge in [-0.1, -0.05) is 0 Å². The van der Waals surface area contributed by atoms with Gasteiger partial charge >= 0.3 is 0 Å². The second-order valence-corrected chi connectivity index (χ2v) is 5.83. The number of halogens is 1. The van der Waals surface area contributed by atoms with Crippen molar-refractivity contribution in [1.82, 2.24) is 19.7 Å². The largest absolute Gasteiger partial charge is 0.272 e. The molecule has 3 aromatic heterocycles. The SMILES string of the molecule is CCn1cc(-c2ccnc(N/N=C\c3ccc(F)s3)n2)c(C)n1. The van der Waals surface area contributed by atoms with Gasteiger partial charge in [-0.25, -0.2) is 15.4 Å². The van der Waals surface area contributed by atoms with E-state index in [2.05, 4.69) is 25.6 Å². The van der Waals surface area contributed by atoms with Gasteiger partial charge < -0.3 is 0 Å². The summed E-state index contributed by atoms with van der Waals surface area (Å²) in [6.45, 7) is 4.78. The highest BCUT2D eigenvalue weighted by Crippen LogP contribution is 2.21. The van der Waals surface area contributed by atoms with E-state index < -0.39 is 0 Å². The van der Waals surface area contributed by atoms with Gasteiger partial charge in [-0.2, -0.15) is 14.6 Å². The van der Waals surface area contributed by atoms with Gasteiger partial charge in [0.15, 0.2) is 5.13 Å². The first-order valence-electron chi connectivity index (χ1n) is 7.07. The molecule has 0 bridgehead atoms. The van der Waals surface area contributed by atoms with E-state index in [-0.39, 0.29) is 5.13 Å². The van der Waals surface area contributed by atoms with Crippen LogP contribution in [0.5, 0.6) is 0 Å². The van der Waals surface area contributed by atoms with Crippen LogP contribution in [0, 0.1) is 12.1 Å². The lowest BCUT2D eigenvalue weighted by molar-refractivity contribution is 0.653. The van der Waals surface area contributed by atoms with Gasteiger partial charge in [-0.15, -0.1) is 11.3 Å². The van der Waals surface area contributed by atoms with Crippen molar-refractivity contribution in [3.63, 3.8) is 0 Å². The van der Waals surface area contributed by atoms with E-state index in [4.69, 9.17) is 0 Å². The number of nitrogens with zero attached hydrogens (tertiary/aromatic N) is 5. The van der Waals surface area contributed by atoms with Crippen LogP contribution in [0.3, 0.4) is 0 Å². The predicted molar refractivity (Wildman–Crippen MR) is 89.2 cm³/mol. The molecular weight excluding hydrogens is 315 g/mol. The average Bonchev–Trinajstić information content (AvgIpc) is 3.13. The molecule has 0 aliphatic heterocycles. The Morgan fingerprint density at radius 1 is 1.39 bits per heavy atom. The highest BCUT2D eigenvalue weighted by atomic mass is 32.1. The van der Waals surface area contributed by atoms with E-state index in [9.17, 15) is 4.39 Å². The first-order chi connectivity index (χ1) is 11.2. The van der Waals surface area contributed by atoms with Crippen LogP contribution in [0.1, 0.15) is 17.5 Å². The zero-order valence-corrected chi connectivity index (χ0v) is 13.5. The van der Waals surface area contributed by atoms with Gasteiger partial charge in [0.05, 0.1) is 22.5 Å². The monoisotopic (exact) mass is 330 g/mol. The average molecular weight is 330 g/mol. The molecule has 0 aliphatic rings. The van der Waals surface area contributed by atoms with Gasteiger partial charge in [-0.05, 0) is 32.0 Å². The van der Waals surface area contributed by atoms with Crippen molar-refractivity contribution < 1.29 is 4.39 Å². The first kappa shape index (κ1) is 15.3. The quantitative estimate of drug-likeness (QED) is 0.575. The maximum atomic E-state index is 12.9. The Labute approximate surface area is 136 Å². The van der Waals surface area contributed by atoms with E-state index >= 15 is 0 Å². The van der Waals surface area contributed by atoms with E-state index in [1.807, 2.05) is 30.8 Å². The third-order valence-electron chi connectivity index (χ3n) is 3.15. The molecule has 0 atom stereocenters. The van der Waals surface area contributed by atoms with E-state index in [1.165, 1.54) is 12.3 Å². The molecule has 0 fully saturated rings. The summed E-state index contributed by atoms with van der Waals surface area (Å²) in [5, 5.41) is 8.20. The van der Waals surface area contributed by atoms with Crippen molar-refractivity contribution in [3.05, 3.63) is 46.3 Å². The second-order valence-electron chi connectivity index (χ2n) is 4.76. The van der Waals surface area contributed by atoms with Crippen LogP contribution in [0.15, 0.2) is 35.7 Å². The van der Waals surface area contributed by atoms with Crippen LogP contribution in [-0.4, -0.2) is 26.0 Å². The summed E-state index contributed by atoms with van der Waals surface area (Å²) in [4.78, 5) is 9.27. The third kappa shape index (κ3) is 3.59. The minimum Gasteiger partial charge on any atom is -0.272 e. The van der Waals surface area contributed by atoms with Crippen molar-refractivity contribution in [2.75, 3.05) is 5.43 Å². The molecule has 0 saturated carbocycles. The molecule has 0 saturated heterocycles. The van der Waals surface area contributed by atoms with Gasteiger partial charge in [0.1, 0.15) is 0 Å². The zero-order chi connectivity index (χ0) is 16.2. The van der Waals surface area contributed by atoms with Crippen molar-refractivity contribution in [2.24, 2.45) is 5.10 Å². The molecule has 1 N–H and O–H groups in total. The predicted octanol–water partition coefficient (Wildman–Crippen LogP) is 3.32. The van der Waals surface area contributed by atoms with Crippen LogP contribution in [0.25, 0.3) is 11.3 Å². The summed E-state index contributed by atoms with van der Waals surface area (Å²) >= 11 is 1.02. The third-order valence-corrected chi connectivity index (χ3v) is 3.96. The van der Waals surface area contributed by atoms with Gasteiger partial charge in [0.2, 0.25) is 5.95 Å². The second kappa shape index (κ2) is 6.66. The summed E-state index contributed by atoms with van der Waals surface area (Å²) in [5.41, 5.74) is 5.40. The molecule has 0 aliphatic carbocycles. The van der Waals surface area contributed by atoms with Crippen molar-refractivity contribution in [3.8, 4) is 11.3 Å². The Kier molecular flexibility index (Phi) is 4.42. The number of thiophene rings is 1. The lowest BCUT2D eigenvalue weighted by Crippen LogP contribution is -1.97. The highest BCUT2D eigenvalue weighted by Gasteiger charge is 2.09. The molecule has 3 aromatic rings. The van der Waals surface area contributed by atoms with Crippen molar-refractivity contribution in [1.29, 1.82) is 0 Å². The Morgan fingerprint density at radius 3 is 2.96 bits per heavy atom. The fourth-order valence-corrected chi connectivity index (χ4v) is 2.65. The van der Waals surface area contributed by atoms with Crippen LogP contribution in [0.4, 0.5) is 10.3 Å². The summed E-state index contributed by atoms with van der Waals surface area (Å²) in [5.74, 6) is 0.374. The minimum absolute atomic E-state index is 0.242. The first-order valence-corrected chi connectivity index (χ1v) is 7.89. The van der Waals surface area contributed by atoms with E-state index in [0.717, 1.165) is 34.8 Å². The number of hydrogen-bond donors (Lipinski definition) is 1. The number of rotatable bonds is 5. The highest BCUT2D eigenvalue weighted by molar-refractivity contribution is 7.12. The summed E-state index contributed by atoms with van der Waals surface area (Å²) in [7, 11) is 0. The summed E-state index contributed by atoms with van der Waals surface area (Å²) < 4.78 is 14.8.